The normalized spacial score (nSPS) is 25.8. The minimum Gasteiger partial charge on any atom is -0.459 e. The van der Waals surface area contributed by atoms with Crippen LogP contribution in [0.1, 0.15) is 41.0 Å². The molecule has 0 radical (unpaired) electrons. The third-order valence-corrected chi connectivity index (χ3v) is 5.98. The molecule has 0 bridgehead atoms. The lowest BCUT2D eigenvalue weighted by atomic mass is 9.81. The van der Waals surface area contributed by atoms with Gasteiger partial charge in [-0.1, -0.05) is 12.2 Å². The number of aliphatic hydroxyl groups is 2. The maximum atomic E-state index is 12.7. The predicted octanol–water partition coefficient (Wildman–Crippen LogP) is 0.959. The van der Waals surface area contributed by atoms with E-state index in [1.807, 2.05) is 6.08 Å². The molecule has 2 unspecified atom stereocenters. The first-order chi connectivity index (χ1) is 13.5. The van der Waals surface area contributed by atoms with Crippen LogP contribution < -0.4 is 0 Å². The van der Waals surface area contributed by atoms with Gasteiger partial charge in [0.1, 0.15) is 18.3 Å². The molecule has 0 aliphatic carbocycles. The van der Waals surface area contributed by atoms with E-state index in [1.165, 1.54) is 27.9 Å². The molecule has 0 spiro atoms. The van der Waals surface area contributed by atoms with Crippen LogP contribution in [0.2, 0.25) is 0 Å². The summed E-state index contributed by atoms with van der Waals surface area (Å²) in [5.74, 6) is -1.32. The van der Waals surface area contributed by atoms with Crippen LogP contribution in [0.15, 0.2) is 23.3 Å². The van der Waals surface area contributed by atoms with Gasteiger partial charge >= 0.3 is 11.9 Å². The fraction of sp³-hybridized carbons (Fsp3) is 0.714. The largest absolute Gasteiger partial charge is 0.459 e. The Labute approximate surface area is 172 Å². The van der Waals surface area contributed by atoms with E-state index in [9.17, 15) is 19.8 Å². The molecule has 0 aromatic rings. The molecule has 2 aliphatic heterocycles. The monoisotopic (exact) mass is 411 g/mol. The van der Waals surface area contributed by atoms with Crippen molar-refractivity contribution < 1.29 is 34.0 Å². The van der Waals surface area contributed by atoms with Crippen molar-refractivity contribution in [2.75, 3.05) is 26.8 Å². The molecule has 8 heteroatoms. The first-order valence-corrected chi connectivity index (χ1v) is 9.89. The van der Waals surface area contributed by atoms with Crippen molar-refractivity contribution in [3.8, 4) is 0 Å². The third kappa shape index (κ3) is 4.55. The minimum atomic E-state index is -2.23. The molecule has 164 valence electrons. The summed E-state index contributed by atoms with van der Waals surface area (Å²) in [5.41, 5.74) is -2.65. The molecule has 0 amide bonds. The quantitative estimate of drug-likeness (QED) is 0.346. The number of carbonyl (C=O) groups is 2. The summed E-state index contributed by atoms with van der Waals surface area (Å²) in [5, 5.41) is 21.2. The van der Waals surface area contributed by atoms with E-state index in [-0.39, 0.29) is 24.7 Å². The second kappa shape index (κ2) is 8.95. The van der Waals surface area contributed by atoms with Crippen LogP contribution in [-0.4, -0.2) is 83.3 Å². The lowest BCUT2D eigenvalue weighted by Crippen LogP contribution is -2.63. The molecule has 29 heavy (non-hydrogen) atoms. The van der Waals surface area contributed by atoms with Gasteiger partial charge in [0.2, 0.25) is 5.60 Å². The molecule has 2 N–H and O–H groups in total. The van der Waals surface area contributed by atoms with Crippen LogP contribution >= 0.6 is 0 Å². The van der Waals surface area contributed by atoms with Gasteiger partial charge in [-0.3, -0.25) is 4.90 Å². The highest BCUT2D eigenvalue weighted by molar-refractivity contribution is 5.87. The molecule has 0 aromatic carbocycles. The molecule has 1 fully saturated rings. The van der Waals surface area contributed by atoms with Gasteiger partial charge in [-0.2, -0.15) is 0 Å². The average molecular weight is 411 g/mol. The second-order valence-corrected chi connectivity index (χ2v) is 8.20. The molecule has 2 aliphatic rings. The van der Waals surface area contributed by atoms with Crippen molar-refractivity contribution in [3.63, 3.8) is 0 Å². The zero-order chi connectivity index (χ0) is 22.0. The van der Waals surface area contributed by atoms with E-state index in [1.54, 1.807) is 19.9 Å². The standard InChI is InChI=1S/C21H33NO7/c1-7-13(2)18(23)29-16-9-11-22-10-8-15(17(16)22)12-28-19(24)21(26,14(3)27-6)20(4,5)25/h7-8,14,16-17,25-26H,9-12H2,1-6H3/t14?,16?,17-,21+/m1/s1. The number of hydrogen-bond donors (Lipinski definition) is 2. The molecule has 1 saturated heterocycles. The van der Waals surface area contributed by atoms with Gasteiger partial charge in [0.05, 0.1) is 12.1 Å². The predicted molar refractivity (Wildman–Crippen MR) is 106 cm³/mol. The number of carbonyl (C=O) groups excluding carboxylic acids is 2. The maximum Gasteiger partial charge on any atom is 0.344 e. The third-order valence-electron chi connectivity index (χ3n) is 5.98. The van der Waals surface area contributed by atoms with Crippen LogP contribution in [0.3, 0.4) is 0 Å². The van der Waals surface area contributed by atoms with Gasteiger partial charge in [0, 0.05) is 25.8 Å². The molecule has 2 heterocycles. The van der Waals surface area contributed by atoms with E-state index >= 15 is 0 Å². The Morgan fingerprint density at radius 1 is 1.38 bits per heavy atom. The Bertz CT molecular complexity index is 694. The van der Waals surface area contributed by atoms with Crippen molar-refractivity contribution in [1.82, 2.24) is 4.90 Å². The van der Waals surface area contributed by atoms with Crippen molar-refractivity contribution in [2.24, 2.45) is 0 Å². The minimum absolute atomic E-state index is 0.0640. The van der Waals surface area contributed by atoms with Crippen molar-refractivity contribution in [3.05, 3.63) is 23.3 Å². The Balaban J connectivity index is 2.08. The molecule has 0 aromatic heterocycles. The van der Waals surface area contributed by atoms with Crippen LogP contribution in [0.4, 0.5) is 0 Å². The summed E-state index contributed by atoms with van der Waals surface area (Å²) in [7, 11) is 1.34. The number of nitrogens with zero attached hydrogens (tertiary/aromatic N) is 1. The lowest BCUT2D eigenvalue weighted by molar-refractivity contribution is -0.216. The number of esters is 2. The highest BCUT2D eigenvalue weighted by Gasteiger charge is 2.55. The van der Waals surface area contributed by atoms with Gasteiger partial charge in [0.25, 0.3) is 0 Å². The molecular formula is C21H33NO7. The number of rotatable bonds is 8. The van der Waals surface area contributed by atoms with Gasteiger partial charge in [-0.25, -0.2) is 9.59 Å². The van der Waals surface area contributed by atoms with Crippen LogP contribution in [0, 0.1) is 0 Å². The Morgan fingerprint density at radius 3 is 2.59 bits per heavy atom. The molecule has 8 nitrogen and oxygen atoms in total. The SMILES string of the molecule is CC=C(C)C(=O)OC1CCN2CC=C(COC(=O)[C@@](O)(C(C)OC)C(C)(C)O)[C@H]12. The Kier molecular flexibility index (Phi) is 7.27. The van der Waals surface area contributed by atoms with Crippen molar-refractivity contribution in [2.45, 2.75) is 70.5 Å². The summed E-state index contributed by atoms with van der Waals surface area (Å²) in [6.45, 7) is 9.03. The second-order valence-electron chi connectivity index (χ2n) is 8.20. The van der Waals surface area contributed by atoms with Gasteiger partial charge in [-0.15, -0.1) is 0 Å². The van der Waals surface area contributed by atoms with Crippen LogP contribution in [0.25, 0.3) is 0 Å². The number of hydrogen-bond acceptors (Lipinski definition) is 8. The van der Waals surface area contributed by atoms with Gasteiger partial charge < -0.3 is 24.4 Å². The average Bonchev–Trinajstić information content (AvgIpc) is 3.26. The van der Waals surface area contributed by atoms with E-state index < -0.39 is 23.3 Å². The van der Waals surface area contributed by atoms with Crippen LogP contribution in [-0.2, 0) is 23.8 Å². The lowest BCUT2D eigenvalue weighted by Gasteiger charge is -2.40. The number of methoxy groups -OCH3 is 1. The van der Waals surface area contributed by atoms with Gasteiger partial charge in [0.15, 0.2) is 0 Å². The molecular weight excluding hydrogens is 378 g/mol. The molecule has 2 rings (SSSR count). The topological polar surface area (TPSA) is 106 Å². The van der Waals surface area contributed by atoms with Crippen molar-refractivity contribution >= 4 is 11.9 Å². The summed E-state index contributed by atoms with van der Waals surface area (Å²) in [6, 6.07) is -0.161. The first-order valence-electron chi connectivity index (χ1n) is 9.89. The highest BCUT2D eigenvalue weighted by Crippen LogP contribution is 2.33. The fourth-order valence-electron chi connectivity index (χ4n) is 3.82. The summed E-state index contributed by atoms with van der Waals surface area (Å²) in [4.78, 5) is 27.0. The van der Waals surface area contributed by atoms with E-state index in [0.717, 1.165) is 12.1 Å². The van der Waals surface area contributed by atoms with E-state index in [4.69, 9.17) is 14.2 Å². The number of allylic oxidation sites excluding steroid dienone is 1. The zero-order valence-electron chi connectivity index (χ0n) is 18.1. The van der Waals surface area contributed by atoms with Crippen LogP contribution in [0.5, 0.6) is 0 Å². The molecule has 4 atom stereocenters. The van der Waals surface area contributed by atoms with Gasteiger partial charge in [-0.05, 0) is 46.6 Å². The van der Waals surface area contributed by atoms with E-state index in [0.29, 0.717) is 18.5 Å². The zero-order valence-corrected chi connectivity index (χ0v) is 18.1. The Hall–Kier alpha value is -1.74. The fourth-order valence-corrected chi connectivity index (χ4v) is 3.82. The summed E-state index contributed by atoms with van der Waals surface area (Å²) < 4.78 is 16.1. The highest BCUT2D eigenvalue weighted by atomic mass is 16.6. The Morgan fingerprint density at radius 2 is 2.03 bits per heavy atom. The summed E-state index contributed by atoms with van der Waals surface area (Å²) in [6.07, 6.45) is 3.05. The first kappa shape index (κ1) is 23.5. The smallest absolute Gasteiger partial charge is 0.344 e. The maximum absolute atomic E-state index is 12.7. The number of ether oxygens (including phenoxy) is 3. The van der Waals surface area contributed by atoms with Crippen molar-refractivity contribution in [1.29, 1.82) is 0 Å². The molecule has 0 saturated carbocycles. The number of fused-ring (bicyclic) bond motifs is 1. The van der Waals surface area contributed by atoms with E-state index in [2.05, 4.69) is 4.90 Å². The summed E-state index contributed by atoms with van der Waals surface area (Å²) >= 11 is 0.